The fourth-order valence-electron chi connectivity index (χ4n) is 4.97. The van der Waals surface area contributed by atoms with Crippen LogP contribution in [-0.4, -0.2) is 21.9 Å². The molecule has 0 aliphatic heterocycles. The van der Waals surface area contributed by atoms with Gasteiger partial charge in [0, 0.05) is 19.3 Å². The third-order valence-corrected chi connectivity index (χ3v) is 5.49. The Morgan fingerprint density at radius 3 is 2.40 bits per heavy atom. The summed E-state index contributed by atoms with van der Waals surface area (Å²) in [5.41, 5.74) is 0.758. The number of amides is 2. The van der Waals surface area contributed by atoms with E-state index in [9.17, 15) is 4.79 Å². The van der Waals surface area contributed by atoms with Gasteiger partial charge in [-0.1, -0.05) is 0 Å². The molecule has 4 aliphatic rings. The third-order valence-electron chi connectivity index (χ3n) is 5.49. The largest absolute Gasteiger partial charge is 0.335 e. The van der Waals surface area contributed by atoms with Crippen molar-refractivity contribution < 1.29 is 4.79 Å². The Hall–Kier alpha value is -1.52. The summed E-state index contributed by atoms with van der Waals surface area (Å²) in [5.74, 6) is 3.31. The third kappa shape index (κ3) is 2.09. The SMILES string of the molecule is Cn1cc(NC(=O)NC2C3CC4CC(C3)CC2C4)cn1. The predicted octanol–water partition coefficient (Wildman–Crippen LogP) is 2.37. The van der Waals surface area contributed by atoms with Crippen LogP contribution in [0.15, 0.2) is 12.4 Å². The summed E-state index contributed by atoms with van der Waals surface area (Å²) >= 11 is 0. The zero-order valence-corrected chi connectivity index (χ0v) is 11.9. The highest BCUT2D eigenvalue weighted by Crippen LogP contribution is 2.53. The van der Waals surface area contributed by atoms with Gasteiger partial charge in [0.25, 0.3) is 0 Å². The molecule has 4 fully saturated rings. The molecule has 0 saturated heterocycles. The first-order chi connectivity index (χ1) is 9.67. The van der Waals surface area contributed by atoms with Crippen LogP contribution in [0, 0.1) is 23.7 Å². The molecule has 108 valence electrons. The van der Waals surface area contributed by atoms with E-state index in [1.165, 1.54) is 32.1 Å². The minimum absolute atomic E-state index is 0.0736. The summed E-state index contributed by atoms with van der Waals surface area (Å²) in [5, 5.41) is 10.2. The van der Waals surface area contributed by atoms with Crippen LogP contribution >= 0.6 is 0 Å². The highest BCUT2D eigenvalue weighted by atomic mass is 16.2. The maximum Gasteiger partial charge on any atom is 0.319 e. The van der Waals surface area contributed by atoms with Crippen molar-refractivity contribution in [1.29, 1.82) is 0 Å². The maximum atomic E-state index is 12.2. The summed E-state index contributed by atoms with van der Waals surface area (Å²) in [4.78, 5) is 12.2. The van der Waals surface area contributed by atoms with Gasteiger partial charge in [0.15, 0.2) is 0 Å². The van der Waals surface area contributed by atoms with E-state index in [4.69, 9.17) is 0 Å². The van der Waals surface area contributed by atoms with E-state index >= 15 is 0 Å². The molecule has 4 bridgehead atoms. The number of aryl methyl sites for hydroxylation is 1. The lowest BCUT2D eigenvalue weighted by molar-refractivity contribution is -0.00883. The normalized spacial score (nSPS) is 38.0. The van der Waals surface area contributed by atoms with Crippen molar-refractivity contribution in [2.24, 2.45) is 30.7 Å². The number of nitrogens with one attached hydrogen (secondary N) is 2. The van der Waals surface area contributed by atoms with Crippen molar-refractivity contribution in [2.75, 3.05) is 5.32 Å². The summed E-state index contributed by atoms with van der Waals surface area (Å²) in [6.07, 6.45) is 10.2. The van der Waals surface area contributed by atoms with Crippen molar-refractivity contribution in [2.45, 2.75) is 38.1 Å². The Balaban J connectivity index is 1.40. The highest BCUT2D eigenvalue weighted by Gasteiger charge is 2.48. The molecule has 20 heavy (non-hydrogen) atoms. The van der Waals surface area contributed by atoms with Gasteiger partial charge in [-0.2, -0.15) is 5.10 Å². The zero-order valence-electron chi connectivity index (χ0n) is 11.9. The first-order valence-electron chi connectivity index (χ1n) is 7.73. The zero-order chi connectivity index (χ0) is 13.7. The standard InChI is InChI=1S/C15H22N4O/c1-19-8-13(7-16-19)17-15(20)18-14-11-3-9-2-10(5-11)6-12(14)4-9/h7-12,14H,2-6H2,1H3,(H2,17,18,20). The Morgan fingerprint density at radius 1 is 1.20 bits per heavy atom. The molecule has 0 spiro atoms. The average Bonchev–Trinajstić information content (AvgIpc) is 2.78. The predicted molar refractivity (Wildman–Crippen MR) is 76.2 cm³/mol. The minimum atomic E-state index is -0.0736. The lowest BCUT2D eigenvalue weighted by Gasteiger charge is -2.54. The van der Waals surface area contributed by atoms with Crippen LogP contribution in [0.25, 0.3) is 0 Å². The topological polar surface area (TPSA) is 59.0 Å². The van der Waals surface area contributed by atoms with Gasteiger partial charge in [-0.25, -0.2) is 4.79 Å². The number of urea groups is 1. The van der Waals surface area contributed by atoms with Crippen molar-refractivity contribution in [3.63, 3.8) is 0 Å². The first-order valence-corrected chi connectivity index (χ1v) is 7.73. The second-order valence-electron chi connectivity index (χ2n) is 6.96. The van der Waals surface area contributed by atoms with E-state index in [2.05, 4.69) is 15.7 Å². The van der Waals surface area contributed by atoms with E-state index in [1.807, 2.05) is 13.2 Å². The van der Waals surface area contributed by atoms with E-state index in [0.717, 1.165) is 17.5 Å². The number of rotatable bonds is 2. The molecular formula is C15H22N4O. The van der Waals surface area contributed by atoms with Crippen LogP contribution < -0.4 is 10.6 Å². The monoisotopic (exact) mass is 274 g/mol. The van der Waals surface area contributed by atoms with Crippen molar-refractivity contribution >= 4 is 11.7 Å². The molecule has 1 aromatic rings. The van der Waals surface area contributed by atoms with Crippen LogP contribution in [0.4, 0.5) is 10.5 Å². The van der Waals surface area contributed by atoms with E-state index in [1.54, 1.807) is 10.9 Å². The smallest absolute Gasteiger partial charge is 0.319 e. The Morgan fingerprint density at radius 2 is 1.85 bits per heavy atom. The number of anilines is 1. The number of aromatic nitrogens is 2. The molecule has 1 aromatic heterocycles. The van der Waals surface area contributed by atoms with Crippen LogP contribution in [0.2, 0.25) is 0 Å². The lowest BCUT2D eigenvalue weighted by Crippen LogP contribution is -2.56. The van der Waals surface area contributed by atoms with E-state index in [-0.39, 0.29) is 6.03 Å². The molecule has 5 rings (SSSR count). The summed E-state index contributed by atoms with van der Waals surface area (Å²) < 4.78 is 1.69. The molecule has 0 radical (unpaired) electrons. The van der Waals surface area contributed by atoms with Gasteiger partial charge in [0.2, 0.25) is 0 Å². The number of hydrogen-bond donors (Lipinski definition) is 2. The fourth-order valence-corrected chi connectivity index (χ4v) is 4.97. The number of hydrogen-bond acceptors (Lipinski definition) is 2. The first kappa shape index (κ1) is 12.2. The summed E-state index contributed by atoms with van der Waals surface area (Å²) in [6.45, 7) is 0. The Labute approximate surface area is 119 Å². The Kier molecular flexibility index (Phi) is 2.75. The van der Waals surface area contributed by atoms with Gasteiger partial charge in [-0.3, -0.25) is 4.68 Å². The van der Waals surface area contributed by atoms with Gasteiger partial charge in [-0.15, -0.1) is 0 Å². The van der Waals surface area contributed by atoms with Gasteiger partial charge in [0.05, 0.1) is 11.9 Å². The number of carbonyl (C=O) groups excluding carboxylic acids is 1. The average molecular weight is 274 g/mol. The van der Waals surface area contributed by atoms with E-state index < -0.39 is 0 Å². The van der Waals surface area contributed by atoms with Gasteiger partial charge < -0.3 is 10.6 Å². The number of nitrogens with zero attached hydrogens (tertiary/aromatic N) is 2. The summed E-state index contributed by atoms with van der Waals surface area (Å²) in [7, 11) is 1.85. The molecule has 4 aliphatic carbocycles. The quantitative estimate of drug-likeness (QED) is 0.870. The van der Waals surface area contributed by atoms with Crippen molar-refractivity contribution in [3.05, 3.63) is 12.4 Å². The molecule has 0 atom stereocenters. The fraction of sp³-hybridized carbons (Fsp3) is 0.733. The van der Waals surface area contributed by atoms with Crippen LogP contribution in [0.3, 0.4) is 0 Å². The molecule has 4 saturated carbocycles. The molecule has 2 N–H and O–H groups in total. The van der Waals surface area contributed by atoms with Crippen LogP contribution in [-0.2, 0) is 7.05 Å². The van der Waals surface area contributed by atoms with E-state index in [0.29, 0.717) is 17.9 Å². The minimum Gasteiger partial charge on any atom is -0.335 e. The maximum absolute atomic E-state index is 12.2. The molecule has 0 unspecified atom stereocenters. The van der Waals surface area contributed by atoms with Crippen LogP contribution in [0.1, 0.15) is 32.1 Å². The van der Waals surface area contributed by atoms with Crippen molar-refractivity contribution in [1.82, 2.24) is 15.1 Å². The lowest BCUT2D eigenvalue weighted by atomic mass is 9.54. The molecule has 5 heteroatoms. The summed E-state index contributed by atoms with van der Waals surface area (Å²) in [6, 6.07) is 0.315. The highest BCUT2D eigenvalue weighted by molar-refractivity contribution is 5.89. The molecular weight excluding hydrogens is 252 g/mol. The molecule has 2 amide bonds. The van der Waals surface area contributed by atoms with Crippen molar-refractivity contribution in [3.8, 4) is 0 Å². The Bertz CT molecular complexity index is 496. The molecule has 5 nitrogen and oxygen atoms in total. The number of carbonyl (C=O) groups is 1. The van der Waals surface area contributed by atoms with Gasteiger partial charge >= 0.3 is 6.03 Å². The molecule has 0 aromatic carbocycles. The second-order valence-corrected chi connectivity index (χ2v) is 6.96. The second kappa shape index (κ2) is 4.50. The van der Waals surface area contributed by atoms with Gasteiger partial charge in [-0.05, 0) is 55.8 Å². The van der Waals surface area contributed by atoms with Gasteiger partial charge in [0.1, 0.15) is 0 Å². The molecule has 1 heterocycles. The van der Waals surface area contributed by atoms with Crippen LogP contribution in [0.5, 0.6) is 0 Å².